The summed E-state index contributed by atoms with van der Waals surface area (Å²) in [6.45, 7) is 1.88. The van der Waals surface area contributed by atoms with E-state index in [0.717, 1.165) is 10.4 Å². The zero-order valence-electron chi connectivity index (χ0n) is 9.88. The highest BCUT2D eigenvalue weighted by molar-refractivity contribution is 7.10. The van der Waals surface area contributed by atoms with Gasteiger partial charge in [-0.25, -0.2) is 0 Å². The Balaban J connectivity index is 2.17. The van der Waals surface area contributed by atoms with Crippen molar-refractivity contribution < 1.29 is 4.79 Å². The summed E-state index contributed by atoms with van der Waals surface area (Å²) in [6, 6.07) is 12.6. The first kappa shape index (κ1) is 12.3. The molecule has 4 heteroatoms. The van der Waals surface area contributed by atoms with Crippen LogP contribution in [0.3, 0.4) is 0 Å². The fourth-order valence-electron chi connectivity index (χ4n) is 1.66. The molecule has 0 radical (unpaired) electrons. The molecule has 1 aromatic carbocycles. The third-order valence-electron chi connectivity index (χ3n) is 2.62. The second-order valence-electron chi connectivity index (χ2n) is 3.87. The lowest BCUT2D eigenvalue weighted by Gasteiger charge is -2.11. The highest BCUT2D eigenvalue weighted by Crippen LogP contribution is 2.19. The number of carbonyl (C=O) groups excluding carboxylic acids is 1. The number of amides is 1. The maximum Gasteiger partial charge on any atom is 0.252 e. The van der Waals surface area contributed by atoms with Crippen molar-refractivity contribution in [3.05, 3.63) is 57.8 Å². The summed E-state index contributed by atoms with van der Waals surface area (Å²) in [7, 11) is 0. The van der Waals surface area contributed by atoms with Gasteiger partial charge in [0, 0.05) is 10.4 Å². The van der Waals surface area contributed by atoms with E-state index in [2.05, 4.69) is 11.4 Å². The topological polar surface area (TPSA) is 52.9 Å². The SMILES string of the molecule is Cc1ccccc1C(=O)NC(C#N)c1cccs1. The van der Waals surface area contributed by atoms with Crippen molar-refractivity contribution in [2.75, 3.05) is 0 Å². The number of aryl methyl sites for hydroxylation is 1. The van der Waals surface area contributed by atoms with Crippen molar-refractivity contribution in [2.24, 2.45) is 0 Å². The fourth-order valence-corrected chi connectivity index (χ4v) is 2.38. The highest BCUT2D eigenvalue weighted by atomic mass is 32.1. The molecule has 1 unspecified atom stereocenters. The normalized spacial score (nSPS) is 11.6. The van der Waals surface area contributed by atoms with E-state index in [0.29, 0.717) is 5.56 Å². The van der Waals surface area contributed by atoms with E-state index in [9.17, 15) is 4.79 Å². The molecule has 3 nitrogen and oxygen atoms in total. The number of carbonyl (C=O) groups is 1. The molecule has 0 aliphatic carbocycles. The Kier molecular flexibility index (Phi) is 3.75. The Bertz CT molecular complexity index is 584. The van der Waals surface area contributed by atoms with Gasteiger partial charge in [0.25, 0.3) is 5.91 Å². The predicted octanol–water partition coefficient (Wildman–Crippen LogP) is 3.05. The summed E-state index contributed by atoms with van der Waals surface area (Å²) in [4.78, 5) is 12.9. The van der Waals surface area contributed by atoms with Gasteiger partial charge in [-0.1, -0.05) is 24.3 Å². The van der Waals surface area contributed by atoms with Gasteiger partial charge in [-0.3, -0.25) is 4.79 Å². The third-order valence-corrected chi connectivity index (χ3v) is 3.56. The van der Waals surface area contributed by atoms with E-state index in [1.807, 2.05) is 42.6 Å². The van der Waals surface area contributed by atoms with Gasteiger partial charge in [-0.05, 0) is 30.0 Å². The quantitative estimate of drug-likeness (QED) is 0.917. The van der Waals surface area contributed by atoms with Crippen LogP contribution >= 0.6 is 11.3 Å². The van der Waals surface area contributed by atoms with E-state index < -0.39 is 6.04 Å². The molecule has 2 aromatic rings. The number of thiophene rings is 1. The summed E-state index contributed by atoms with van der Waals surface area (Å²) < 4.78 is 0. The smallest absolute Gasteiger partial charge is 0.252 e. The van der Waals surface area contributed by atoms with Crippen LogP contribution in [0.2, 0.25) is 0 Å². The summed E-state index contributed by atoms with van der Waals surface area (Å²) in [5.41, 5.74) is 1.51. The maximum atomic E-state index is 12.1. The van der Waals surface area contributed by atoms with E-state index in [-0.39, 0.29) is 5.91 Å². The van der Waals surface area contributed by atoms with Gasteiger partial charge in [0.1, 0.15) is 0 Å². The molecule has 0 spiro atoms. The predicted molar refractivity (Wildman–Crippen MR) is 71.3 cm³/mol. The number of nitriles is 1. The Hall–Kier alpha value is -2.12. The molecule has 1 amide bonds. The second-order valence-corrected chi connectivity index (χ2v) is 4.85. The first-order valence-corrected chi connectivity index (χ1v) is 6.40. The van der Waals surface area contributed by atoms with Crippen molar-refractivity contribution in [2.45, 2.75) is 13.0 Å². The second kappa shape index (κ2) is 5.48. The summed E-state index contributed by atoms with van der Waals surface area (Å²) >= 11 is 1.46. The lowest BCUT2D eigenvalue weighted by atomic mass is 10.1. The number of benzene rings is 1. The molecule has 0 aliphatic rings. The van der Waals surface area contributed by atoms with Gasteiger partial charge in [0.05, 0.1) is 6.07 Å². The molecule has 0 fully saturated rings. The molecule has 0 bridgehead atoms. The first-order chi connectivity index (χ1) is 8.72. The van der Waals surface area contributed by atoms with Gasteiger partial charge in [-0.15, -0.1) is 11.3 Å². The van der Waals surface area contributed by atoms with Crippen LogP contribution in [0, 0.1) is 18.3 Å². The van der Waals surface area contributed by atoms with Crippen LogP contribution in [0.4, 0.5) is 0 Å². The fraction of sp³-hybridized carbons (Fsp3) is 0.143. The van der Waals surface area contributed by atoms with E-state index in [4.69, 9.17) is 5.26 Å². The number of rotatable bonds is 3. The Morgan fingerprint density at radius 3 is 2.72 bits per heavy atom. The van der Waals surface area contributed by atoms with Crippen molar-refractivity contribution >= 4 is 17.2 Å². The molecule has 1 aromatic heterocycles. The number of nitrogens with one attached hydrogen (secondary N) is 1. The van der Waals surface area contributed by atoms with Gasteiger partial charge < -0.3 is 5.32 Å². The van der Waals surface area contributed by atoms with Gasteiger partial charge in [0.15, 0.2) is 6.04 Å². The zero-order valence-corrected chi connectivity index (χ0v) is 10.7. The number of hydrogen-bond donors (Lipinski definition) is 1. The molecule has 1 N–H and O–H groups in total. The lowest BCUT2D eigenvalue weighted by molar-refractivity contribution is 0.0945. The Morgan fingerprint density at radius 1 is 1.33 bits per heavy atom. The molecule has 0 saturated heterocycles. The molecular weight excluding hydrogens is 244 g/mol. The van der Waals surface area contributed by atoms with Crippen LogP contribution in [-0.4, -0.2) is 5.91 Å². The van der Waals surface area contributed by atoms with Gasteiger partial charge >= 0.3 is 0 Å². The molecule has 0 saturated carbocycles. The van der Waals surface area contributed by atoms with E-state index in [1.165, 1.54) is 11.3 Å². The molecule has 1 atom stereocenters. The largest absolute Gasteiger partial charge is 0.332 e. The van der Waals surface area contributed by atoms with Crippen LogP contribution in [0.15, 0.2) is 41.8 Å². The molecule has 1 heterocycles. The minimum absolute atomic E-state index is 0.215. The van der Waals surface area contributed by atoms with Crippen molar-refractivity contribution in [3.8, 4) is 6.07 Å². The van der Waals surface area contributed by atoms with Crippen molar-refractivity contribution in [3.63, 3.8) is 0 Å². The minimum atomic E-state index is -0.586. The molecular formula is C14H12N2OS. The Labute approximate surface area is 110 Å². The van der Waals surface area contributed by atoms with Crippen molar-refractivity contribution in [1.82, 2.24) is 5.32 Å². The van der Waals surface area contributed by atoms with Gasteiger partial charge in [0.2, 0.25) is 0 Å². The maximum absolute atomic E-state index is 12.1. The molecule has 90 valence electrons. The molecule has 2 rings (SSSR count). The average molecular weight is 256 g/mol. The van der Waals surface area contributed by atoms with Crippen molar-refractivity contribution in [1.29, 1.82) is 5.26 Å². The van der Waals surface area contributed by atoms with Crippen LogP contribution < -0.4 is 5.32 Å². The number of hydrogen-bond acceptors (Lipinski definition) is 3. The van der Waals surface area contributed by atoms with Crippen LogP contribution in [0.1, 0.15) is 26.8 Å². The highest BCUT2D eigenvalue weighted by Gasteiger charge is 2.16. The zero-order chi connectivity index (χ0) is 13.0. The van der Waals surface area contributed by atoms with E-state index >= 15 is 0 Å². The van der Waals surface area contributed by atoms with Crippen LogP contribution in [0.25, 0.3) is 0 Å². The average Bonchev–Trinajstić information content (AvgIpc) is 2.90. The standard InChI is InChI=1S/C14H12N2OS/c1-10-5-2-3-6-11(10)14(17)16-12(9-15)13-7-4-8-18-13/h2-8,12H,1H3,(H,16,17). The molecule has 18 heavy (non-hydrogen) atoms. The Morgan fingerprint density at radius 2 is 2.11 bits per heavy atom. The van der Waals surface area contributed by atoms with Crippen LogP contribution in [-0.2, 0) is 0 Å². The van der Waals surface area contributed by atoms with E-state index in [1.54, 1.807) is 6.07 Å². The molecule has 0 aliphatic heterocycles. The van der Waals surface area contributed by atoms with Gasteiger partial charge in [-0.2, -0.15) is 5.26 Å². The first-order valence-electron chi connectivity index (χ1n) is 5.52. The summed E-state index contributed by atoms with van der Waals surface area (Å²) in [5.74, 6) is -0.215. The third kappa shape index (κ3) is 2.58. The lowest BCUT2D eigenvalue weighted by Crippen LogP contribution is -2.27. The van der Waals surface area contributed by atoms with Crippen LogP contribution in [0.5, 0.6) is 0 Å². The monoisotopic (exact) mass is 256 g/mol. The minimum Gasteiger partial charge on any atom is -0.332 e. The number of nitrogens with zero attached hydrogens (tertiary/aromatic N) is 1. The summed E-state index contributed by atoms with van der Waals surface area (Å²) in [6.07, 6.45) is 0. The summed E-state index contributed by atoms with van der Waals surface area (Å²) in [5, 5.41) is 13.7.